The molecular formula is C16H22F2N2O3. The lowest BCUT2D eigenvalue weighted by atomic mass is 9.77. The SMILES string of the molecule is CCC1(CO)CCN(C(=O)Nc2cc(F)c(OC)cc2F)CC1. The van der Waals surface area contributed by atoms with Crippen molar-refractivity contribution in [1.82, 2.24) is 4.90 Å². The number of nitrogens with zero attached hydrogens (tertiary/aromatic N) is 1. The lowest BCUT2D eigenvalue weighted by Crippen LogP contribution is -2.46. The fraction of sp³-hybridized carbons (Fsp3) is 0.562. The molecule has 0 bridgehead atoms. The van der Waals surface area contributed by atoms with E-state index in [-0.39, 0.29) is 23.5 Å². The normalized spacial score (nSPS) is 17.0. The van der Waals surface area contributed by atoms with Crippen LogP contribution in [-0.4, -0.2) is 42.8 Å². The first-order chi connectivity index (χ1) is 10.9. The first-order valence-corrected chi connectivity index (χ1v) is 7.64. The summed E-state index contributed by atoms with van der Waals surface area (Å²) in [5, 5.41) is 11.9. The van der Waals surface area contributed by atoms with Gasteiger partial charge < -0.3 is 20.1 Å². The molecule has 0 saturated carbocycles. The van der Waals surface area contributed by atoms with E-state index in [0.29, 0.717) is 25.9 Å². The second kappa shape index (κ2) is 7.12. The van der Waals surface area contributed by atoms with Gasteiger partial charge in [0.05, 0.1) is 12.8 Å². The van der Waals surface area contributed by atoms with Crippen molar-refractivity contribution < 1.29 is 23.4 Å². The third kappa shape index (κ3) is 3.72. The molecule has 1 saturated heterocycles. The molecule has 0 unspecified atom stereocenters. The molecule has 1 aromatic rings. The number of rotatable bonds is 4. The number of methoxy groups -OCH3 is 1. The highest BCUT2D eigenvalue weighted by atomic mass is 19.1. The Balaban J connectivity index is 2.02. The lowest BCUT2D eigenvalue weighted by molar-refractivity contribution is 0.0542. The van der Waals surface area contributed by atoms with Gasteiger partial charge >= 0.3 is 6.03 Å². The average molecular weight is 328 g/mol. The summed E-state index contributed by atoms with van der Waals surface area (Å²) in [7, 11) is 1.24. The fourth-order valence-electron chi connectivity index (χ4n) is 2.78. The van der Waals surface area contributed by atoms with E-state index in [9.17, 15) is 18.7 Å². The van der Waals surface area contributed by atoms with E-state index in [1.165, 1.54) is 7.11 Å². The number of urea groups is 1. The molecule has 0 atom stereocenters. The van der Waals surface area contributed by atoms with Gasteiger partial charge in [-0.3, -0.25) is 0 Å². The highest BCUT2D eigenvalue weighted by Crippen LogP contribution is 2.34. The molecule has 1 heterocycles. The second-order valence-corrected chi connectivity index (χ2v) is 5.90. The first kappa shape index (κ1) is 17.5. The number of aliphatic hydroxyl groups is 1. The fourth-order valence-corrected chi connectivity index (χ4v) is 2.78. The van der Waals surface area contributed by atoms with Crippen molar-refractivity contribution in [2.75, 3.05) is 32.1 Å². The van der Waals surface area contributed by atoms with Gasteiger partial charge in [-0.25, -0.2) is 13.6 Å². The molecule has 0 spiro atoms. The van der Waals surface area contributed by atoms with Crippen molar-refractivity contribution >= 4 is 11.7 Å². The summed E-state index contributed by atoms with van der Waals surface area (Å²) in [5.41, 5.74) is -0.364. The van der Waals surface area contributed by atoms with E-state index in [1.807, 2.05) is 6.92 Å². The number of hydrogen-bond acceptors (Lipinski definition) is 3. The number of benzene rings is 1. The van der Waals surface area contributed by atoms with Gasteiger partial charge in [-0.1, -0.05) is 6.92 Å². The Labute approximate surface area is 134 Å². The quantitative estimate of drug-likeness (QED) is 0.893. The van der Waals surface area contributed by atoms with Gasteiger partial charge in [0.15, 0.2) is 17.4 Å². The van der Waals surface area contributed by atoms with Crippen molar-refractivity contribution in [3.63, 3.8) is 0 Å². The van der Waals surface area contributed by atoms with Crippen LogP contribution in [0.1, 0.15) is 26.2 Å². The molecule has 0 aliphatic carbocycles. The van der Waals surface area contributed by atoms with Gasteiger partial charge in [-0.2, -0.15) is 0 Å². The van der Waals surface area contributed by atoms with Gasteiger partial charge in [0.1, 0.15) is 0 Å². The molecule has 5 nitrogen and oxygen atoms in total. The van der Waals surface area contributed by atoms with Crippen LogP contribution in [0, 0.1) is 17.0 Å². The van der Waals surface area contributed by atoms with E-state index >= 15 is 0 Å². The molecule has 1 aliphatic heterocycles. The predicted octanol–water partition coefficient (Wildman–Crippen LogP) is 2.99. The summed E-state index contributed by atoms with van der Waals surface area (Å²) in [5.74, 6) is -1.71. The number of anilines is 1. The Morgan fingerprint density at radius 3 is 2.52 bits per heavy atom. The summed E-state index contributed by atoms with van der Waals surface area (Å²) in [6, 6.07) is 1.32. The molecule has 7 heteroatoms. The maximum atomic E-state index is 13.9. The zero-order valence-corrected chi connectivity index (χ0v) is 13.4. The van der Waals surface area contributed by atoms with Crippen LogP contribution in [0.4, 0.5) is 19.3 Å². The standard InChI is InChI=1S/C16H22F2N2O3/c1-3-16(10-21)4-6-20(7-5-16)15(22)19-13-8-12(18)14(23-2)9-11(13)17/h8-9,21H,3-7,10H2,1-2H3,(H,19,22). The van der Waals surface area contributed by atoms with Crippen molar-refractivity contribution in [2.24, 2.45) is 5.41 Å². The minimum atomic E-state index is -0.758. The van der Waals surface area contributed by atoms with Crippen molar-refractivity contribution in [3.8, 4) is 5.75 Å². The number of carbonyl (C=O) groups excluding carboxylic acids is 1. The molecule has 23 heavy (non-hydrogen) atoms. The van der Waals surface area contributed by atoms with Crippen LogP contribution in [-0.2, 0) is 0 Å². The molecule has 2 amide bonds. The number of amides is 2. The maximum absolute atomic E-state index is 13.9. The minimum absolute atomic E-state index is 0.0945. The highest BCUT2D eigenvalue weighted by molar-refractivity contribution is 5.89. The predicted molar refractivity (Wildman–Crippen MR) is 82.5 cm³/mol. The monoisotopic (exact) mass is 328 g/mol. The highest BCUT2D eigenvalue weighted by Gasteiger charge is 2.34. The minimum Gasteiger partial charge on any atom is -0.494 e. The molecule has 0 radical (unpaired) electrons. The van der Waals surface area contributed by atoms with E-state index in [4.69, 9.17) is 0 Å². The van der Waals surface area contributed by atoms with Gasteiger partial charge in [-0.15, -0.1) is 0 Å². The number of likely N-dealkylation sites (tertiary alicyclic amines) is 1. The Morgan fingerprint density at radius 1 is 1.35 bits per heavy atom. The molecule has 1 fully saturated rings. The zero-order chi connectivity index (χ0) is 17.0. The van der Waals surface area contributed by atoms with E-state index in [0.717, 1.165) is 18.6 Å². The number of piperidine rings is 1. The average Bonchev–Trinajstić information content (AvgIpc) is 2.57. The molecule has 128 valence electrons. The molecule has 2 rings (SSSR count). The zero-order valence-electron chi connectivity index (χ0n) is 13.4. The van der Waals surface area contributed by atoms with Crippen molar-refractivity contribution in [1.29, 1.82) is 0 Å². The van der Waals surface area contributed by atoms with Crippen molar-refractivity contribution in [3.05, 3.63) is 23.8 Å². The Kier molecular flexibility index (Phi) is 5.41. The van der Waals surface area contributed by atoms with Gasteiger partial charge in [0.25, 0.3) is 0 Å². The Morgan fingerprint density at radius 2 is 2.00 bits per heavy atom. The molecule has 2 N–H and O–H groups in total. The Bertz CT molecular complexity index is 567. The van der Waals surface area contributed by atoms with Crippen LogP contribution in [0.15, 0.2) is 12.1 Å². The van der Waals surface area contributed by atoms with E-state index in [1.54, 1.807) is 4.90 Å². The molecule has 1 aliphatic rings. The number of nitrogens with one attached hydrogen (secondary N) is 1. The number of ether oxygens (including phenoxy) is 1. The topological polar surface area (TPSA) is 61.8 Å². The van der Waals surface area contributed by atoms with E-state index < -0.39 is 17.7 Å². The van der Waals surface area contributed by atoms with E-state index in [2.05, 4.69) is 10.1 Å². The number of aliphatic hydroxyl groups excluding tert-OH is 1. The first-order valence-electron chi connectivity index (χ1n) is 7.64. The Hall–Kier alpha value is -1.89. The van der Waals surface area contributed by atoms with Crippen LogP contribution in [0.5, 0.6) is 5.75 Å². The van der Waals surface area contributed by atoms with Crippen LogP contribution >= 0.6 is 0 Å². The number of hydrogen-bond donors (Lipinski definition) is 2. The summed E-state index contributed by atoms with van der Waals surface area (Å²) >= 11 is 0. The smallest absolute Gasteiger partial charge is 0.321 e. The summed E-state index contributed by atoms with van der Waals surface area (Å²) < 4.78 is 32.2. The summed E-state index contributed by atoms with van der Waals surface area (Å²) in [4.78, 5) is 13.8. The van der Waals surface area contributed by atoms with Crippen molar-refractivity contribution in [2.45, 2.75) is 26.2 Å². The van der Waals surface area contributed by atoms with Crippen LogP contribution in [0.2, 0.25) is 0 Å². The van der Waals surface area contributed by atoms with Gasteiger partial charge in [-0.05, 0) is 24.7 Å². The number of carbonyl (C=O) groups is 1. The largest absolute Gasteiger partial charge is 0.494 e. The second-order valence-electron chi connectivity index (χ2n) is 5.90. The third-order valence-corrected chi connectivity index (χ3v) is 4.68. The maximum Gasteiger partial charge on any atom is 0.321 e. The molecule has 1 aromatic carbocycles. The number of halogens is 2. The van der Waals surface area contributed by atoms with Crippen LogP contribution in [0.25, 0.3) is 0 Å². The summed E-state index contributed by atoms with van der Waals surface area (Å²) in [6.07, 6.45) is 2.22. The van der Waals surface area contributed by atoms with Gasteiger partial charge in [0, 0.05) is 31.8 Å². The lowest BCUT2D eigenvalue weighted by Gasteiger charge is -2.40. The molecular weight excluding hydrogens is 306 g/mol. The van der Waals surface area contributed by atoms with Crippen LogP contribution in [0.3, 0.4) is 0 Å². The van der Waals surface area contributed by atoms with Crippen LogP contribution < -0.4 is 10.1 Å². The molecule has 0 aromatic heterocycles. The van der Waals surface area contributed by atoms with Gasteiger partial charge in [0.2, 0.25) is 0 Å². The summed E-state index contributed by atoms with van der Waals surface area (Å²) in [6.45, 7) is 3.06. The third-order valence-electron chi connectivity index (χ3n) is 4.68.